The van der Waals surface area contributed by atoms with Crippen LogP contribution in [-0.2, 0) is 0 Å². The van der Waals surface area contributed by atoms with Gasteiger partial charge in [-0.05, 0) is 13.0 Å². The fourth-order valence-corrected chi connectivity index (χ4v) is 1.58. The summed E-state index contributed by atoms with van der Waals surface area (Å²) in [5.74, 6) is -1.66. The zero-order valence-electron chi connectivity index (χ0n) is 8.34. The lowest BCUT2D eigenvalue weighted by Gasteiger charge is -2.16. The quantitative estimate of drug-likeness (QED) is 0.608. The molecule has 0 saturated heterocycles. The van der Waals surface area contributed by atoms with E-state index in [2.05, 4.69) is 0 Å². The Labute approximate surface area is 89.6 Å². The van der Waals surface area contributed by atoms with E-state index in [1.807, 2.05) is 0 Å². The summed E-state index contributed by atoms with van der Waals surface area (Å²) < 4.78 is 0.614. The van der Waals surface area contributed by atoms with Gasteiger partial charge in [-0.15, -0.1) is 0 Å². The maximum atomic E-state index is 11.7. The number of carboxylic acids is 1. The highest BCUT2D eigenvalue weighted by Gasteiger charge is 2.20. The van der Waals surface area contributed by atoms with Crippen molar-refractivity contribution in [3.63, 3.8) is 0 Å². The van der Waals surface area contributed by atoms with Crippen molar-refractivity contribution in [1.82, 2.24) is 4.73 Å². The summed E-state index contributed by atoms with van der Waals surface area (Å²) >= 11 is 0. The van der Waals surface area contributed by atoms with Crippen molar-refractivity contribution < 1.29 is 14.3 Å². The molecule has 0 fully saturated rings. The Morgan fingerprint density at radius 2 is 2.00 bits per heavy atom. The average Bonchev–Trinajstić information content (AvgIpc) is 2.26. The summed E-state index contributed by atoms with van der Waals surface area (Å²) in [5, 5.41) is 22.4. The van der Waals surface area contributed by atoms with Crippen LogP contribution in [0.4, 0.5) is 0 Å². The Balaban J connectivity index is 3.07. The molecule has 0 amide bonds. The number of carboxylic acid groups (broad SMARTS) is 1. The SMILES string of the molecule is Cc1c(C(=O)[O-])[n+](=O)c2ccccc2n1[O-]. The summed E-state index contributed by atoms with van der Waals surface area (Å²) in [6.07, 6.45) is 0. The second-order valence-electron chi connectivity index (χ2n) is 3.30. The number of fused-ring (bicyclic) bond motifs is 1. The molecule has 0 spiro atoms. The van der Waals surface area contributed by atoms with Crippen LogP contribution in [0, 0.1) is 17.0 Å². The highest BCUT2D eigenvalue weighted by Crippen LogP contribution is 2.12. The second-order valence-corrected chi connectivity index (χ2v) is 3.30. The molecule has 16 heavy (non-hydrogen) atoms. The number of nitrogens with zero attached hydrogens (tertiary/aromatic N) is 2. The lowest BCUT2D eigenvalue weighted by molar-refractivity contribution is -0.475. The molecule has 1 heterocycles. The van der Waals surface area contributed by atoms with Crippen LogP contribution in [0.1, 0.15) is 16.2 Å². The highest BCUT2D eigenvalue weighted by molar-refractivity contribution is 5.85. The number of aromatic nitrogens is 2. The predicted octanol–water partition coefficient (Wildman–Crippen LogP) is -0.426. The first-order valence-electron chi connectivity index (χ1n) is 4.50. The highest BCUT2D eigenvalue weighted by atomic mass is 16.5. The first-order valence-corrected chi connectivity index (χ1v) is 4.50. The van der Waals surface area contributed by atoms with Gasteiger partial charge < -0.3 is 19.8 Å². The molecule has 6 nitrogen and oxygen atoms in total. The van der Waals surface area contributed by atoms with Gasteiger partial charge in [0.1, 0.15) is 11.5 Å². The normalized spacial score (nSPS) is 10.6. The molecule has 2 aromatic rings. The Bertz CT molecular complexity index is 645. The van der Waals surface area contributed by atoms with Crippen LogP contribution in [0.25, 0.3) is 11.0 Å². The van der Waals surface area contributed by atoms with Crippen molar-refractivity contribution in [2.75, 3.05) is 0 Å². The molecule has 1 aromatic carbocycles. The van der Waals surface area contributed by atoms with E-state index in [1.165, 1.54) is 19.1 Å². The van der Waals surface area contributed by atoms with E-state index < -0.39 is 11.7 Å². The van der Waals surface area contributed by atoms with Gasteiger partial charge in [0.25, 0.3) is 5.52 Å². The number of para-hydroxylation sites is 2. The topological polar surface area (TPSA) is 91.1 Å². The monoisotopic (exact) mass is 219 g/mol. The number of carbonyl (C=O) groups excluding carboxylic acids is 1. The molecule has 0 aliphatic heterocycles. The van der Waals surface area contributed by atoms with Crippen LogP contribution in [0.3, 0.4) is 0 Å². The van der Waals surface area contributed by atoms with E-state index in [0.29, 0.717) is 4.73 Å². The molecule has 0 atom stereocenters. The number of rotatable bonds is 1. The van der Waals surface area contributed by atoms with Crippen molar-refractivity contribution in [3.8, 4) is 0 Å². The summed E-state index contributed by atoms with van der Waals surface area (Å²) in [5.41, 5.74) is -0.718. The lowest BCUT2D eigenvalue weighted by atomic mass is 10.2. The minimum absolute atomic E-state index is 0.00213. The molecular weight excluding hydrogens is 212 g/mol. The van der Waals surface area contributed by atoms with Gasteiger partial charge in [-0.3, -0.25) is 0 Å². The largest absolute Gasteiger partial charge is 0.805 e. The van der Waals surface area contributed by atoms with Gasteiger partial charge in [0, 0.05) is 11.0 Å². The molecule has 2 rings (SSSR count). The summed E-state index contributed by atoms with van der Waals surface area (Å²) in [6, 6.07) is 5.96. The van der Waals surface area contributed by atoms with Gasteiger partial charge in [-0.25, -0.2) is 0 Å². The third-order valence-electron chi connectivity index (χ3n) is 2.36. The molecule has 82 valence electrons. The Morgan fingerprint density at radius 3 is 2.62 bits per heavy atom. The van der Waals surface area contributed by atoms with Crippen LogP contribution in [0.2, 0.25) is 0 Å². The molecule has 0 unspecified atom stereocenters. The average molecular weight is 219 g/mol. The van der Waals surface area contributed by atoms with Crippen molar-refractivity contribution in [3.05, 3.63) is 45.8 Å². The summed E-state index contributed by atoms with van der Waals surface area (Å²) in [7, 11) is 0. The maximum Gasteiger partial charge on any atom is 0.304 e. The fraction of sp³-hybridized carbons (Fsp3) is 0.100. The Hall–Kier alpha value is -2.37. The first-order chi connectivity index (χ1) is 7.54. The Morgan fingerprint density at radius 1 is 1.38 bits per heavy atom. The van der Waals surface area contributed by atoms with Gasteiger partial charge in [0.15, 0.2) is 0 Å². The first kappa shape index (κ1) is 10.2. The number of carbonyl (C=O) groups is 1. The van der Waals surface area contributed by atoms with Gasteiger partial charge in [-0.2, -0.15) is 0 Å². The number of aromatic carboxylic acids is 1. The molecule has 0 radical (unpaired) electrons. The smallest absolute Gasteiger partial charge is 0.304 e. The molecule has 6 heteroatoms. The van der Waals surface area contributed by atoms with Crippen molar-refractivity contribution in [1.29, 1.82) is 0 Å². The number of hydrogen-bond acceptors (Lipinski definition) is 4. The molecular formula is C10H7N2O4-. The zero-order chi connectivity index (χ0) is 11.9. The van der Waals surface area contributed by atoms with E-state index in [9.17, 15) is 20.0 Å². The van der Waals surface area contributed by atoms with E-state index in [-0.39, 0.29) is 21.2 Å². The molecule has 0 aliphatic carbocycles. The maximum absolute atomic E-state index is 11.7. The summed E-state index contributed by atoms with van der Waals surface area (Å²) in [6.45, 7) is 1.26. The minimum Gasteiger partial charge on any atom is -0.805 e. The van der Waals surface area contributed by atoms with Crippen LogP contribution in [-0.4, -0.2) is 10.7 Å². The second kappa shape index (κ2) is 3.34. The lowest BCUT2D eigenvalue weighted by Crippen LogP contribution is -2.37. The van der Waals surface area contributed by atoms with Gasteiger partial charge >= 0.3 is 5.69 Å². The zero-order valence-corrected chi connectivity index (χ0v) is 8.34. The third kappa shape index (κ3) is 1.23. The van der Waals surface area contributed by atoms with Crippen molar-refractivity contribution in [2.45, 2.75) is 6.92 Å². The van der Waals surface area contributed by atoms with Crippen LogP contribution in [0.15, 0.2) is 24.3 Å². The molecule has 0 aliphatic rings. The standard InChI is InChI=1S/C10H8N2O4/c1-6-9(10(13)14)12(16)8-5-3-2-4-7(8)11(6)15/h2-5H,1H3,(H,13,14)/p-1. The third-order valence-corrected chi connectivity index (χ3v) is 2.36. The summed E-state index contributed by atoms with van der Waals surface area (Å²) in [4.78, 5) is 22.4. The van der Waals surface area contributed by atoms with E-state index >= 15 is 0 Å². The molecule has 0 N–H and O–H groups in total. The fourth-order valence-electron chi connectivity index (χ4n) is 1.58. The van der Waals surface area contributed by atoms with Gasteiger partial charge in [0.2, 0.25) is 0 Å². The van der Waals surface area contributed by atoms with E-state index in [4.69, 9.17) is 0 Å². The van der Waals surface area contributed by atoms with E-state index in [1.54, 1.807) is 12.1 Å². The number of benzene rings is 1. The number of hydrogen-bond donors (Lipinski definition) is 0. The van der Waals surface area contributed by atoms with Gasteiger partial charge in [0.05, 0.1) is 10.1 Å². The van der Waals surface area contributed by atoms with Crippen LogP contribution in [0.5, 0.6) is 0 Å². The molecule has 0 saturated carbocycles. The molecule has 0 bridgehead atoms. The van der Waals surface area contributed by atoms with Gasteiger partial charge in [-0.1, -0.05) is 12.1 Å². The minimum atomic E-state index is -1.66. The van der Waals surface area contributed by atoms with Crippen LogP contribution >= 0.6 is 0 Å². The predicted molar refractivity (Wildman–Crippen MR) is 53.1 cm³/mol. The van der Waals surface area contributed by atoms with Crippen molar-refractivity contribution in [2.24, 2.45) is 0 Å². The van der Waals surface area contributed by atoms with E-state index in [0.717, 1.165) is 0 Å². The molecule has 1 aromatic heterocycles. The Kier molecular flexibility index (Phi) is 2.12. The van der Waals surface area contributed by atoms with Crippen molar-refractivity contribution >= 4 is 17.0 Å². The van der Waals surface area contributed by atoms with Crippen LogP contribution < -0.4 is 9.53 Å².